The second-order valence-corrected chi connectivity index (χ2v) is 14.6. The maximum Gasteiger partial charge on any atom is 0.193 e. The maximum absolute atomic E-state index is 6.85. The SMILES string of the molecule is C[C@H]1[C@H](O[C@H]2O[C@@H]3O[C@]4(C)CC[C@H]5[C@H](C)CC[C@@H]([C@H]2C)[C@@]35O4)O[C@@H]2O[C@]3(C)CC[C@H]4[C@H](C)CC[C@@H]1[C@@]24O3. The van der Waals surface area contributed by atoms with E-state index in [9.17, 15) is 0 Å². The fourth-order valence-corrected chi connectivity index (χ4v) is 10.7. The molecule has 8 fully saturated rings. The Morgan fingerprint density at radius 1 is 0.568 bits per heavy atom. The first kappa shape index (κ1) is 24.5. The molecule has 7 nitrogen and oxygen atoms in total. The zero-order valence-electron chi connectivity index (χ0n) is 23.4. The van der Waals surface area contributed by atoms with Crippen LogP contribution in [0.5, 0.6) is 0 Å². The second-order valence-electron chi connectivity index (χ2n) is 14.6. The van der Waals surface area contributed by atoms with Crippen molar-refractivity contribution in [1.82, 2.24) is 0 Å². The van der Waals surface area contributed by atoms with Gasteiger partial charge in [-0.2, -0.15) is 0 Å². The molecular weight excluding hydrogens is 472 g/mol. The van der Waals surface area contributed by atoms with E-state index in [-0.39, 0.29) is 35.6 Å². The predicted molar refractivity (Wildman–Crippen MR) is 133 cm³/mol. The molecule has 0 unspecified atom stereocenters. The molecule has 8 aliphatic rings. The van der Waals surface area contributed by atoms with Crippen LogP contribution in [0.1, 0.15) is 92.9 Å². The van der Waals surface area contributed by atoms with Crippen LogP contribution in [0.3, 0.4) is 0 Å². The highest BCUT2D eigenvalue weighted by Crippen LogP contribution is 2.66. The summed E-state index contributed by atoms with van der Waals surface area (Å²) in [5.41, 5.74) is -0.707. The van der Waals surface area contributed by atoms with E-state index in [2.05, 4.69) is 41.5 Å². The Morgan fingerprint density at radius 2 is 1.00 bits per heavy atom. The van der Waals surface area contributed by atoms with Crippen LogP contribution in [0, 0.1) is 47.3 Å². The molecule has 0 aromatic heterocycles. The van der Waals surface area contributed by atoms with Crippen molar-refractivity contribution in [2.75, 3.05) is 0 Å². The van der Waals surface area contributed by atoms with Crippen LogP contribution in [-0.2, 0) is 33.2 Å². The lowest BCUT2D eigenvalue weighted by molar-refractivity contribution is -0.402. The Balaban J connectivity index is 1.08. The summed E-state index contributed by atoms with van der Waals surface area (Å²) in [5, 5.41) is 0. The molecule has 2 saturated carbocycles. The highest BCUT2D eigenvalue weighted by molar-refractivity contribution is 5.14. The highest BCUT2D eigenvalue weighted by atomic mass is 16.9. The van der Waals surface area contributed by atoms with E-state index >= 15 is 0 Å². The summed E-state index contributed by atoms with van der Waals surface area (Å²) in [6.45, 7) is 13.5. The third-order valence-electron chi connectivity index (χ3n) is 12.5. The highest BCUT2D eigenvalue weighted by Gasteiger charge is 2.74. The van der Waals surface area contributed by atoms with Crippen LogP contribution in [0.15, 0.2) is 0 Å². The van der Waals surface area contributed by atoms with E-state index in [1.54, 1.807) is 0 Å². The Hall–Kier alpha value is -0.280. The van der Waals surface area contributed by atoms with Crippen LogP contribution in [0.2, 0.25) is 0 Å². The standard InChI is InChI=1S/C30H46O7/c1-15-7-9-21-17(3)23(32-25-29(21)19(15)11-13-27(5,34-25)36-29)31-24-18(4)22-10-8-16(2)20-12-14-28(6)35-26(33-24)30(20,22)37-28/h15-26H,7-14H2,1-6H3/t15-,16-,17-,18-,19+,20+,21+,22+,23-,24+,25-,26-,27+,28+,29-,30-/m1/s1. The summed E-state index contributed by atoms with van der Waals surface area (Å²) in [6.07, 6.45) is 7.33. The van der Waals surface area contributed by atoms with E-state index < -0.39 is 24.2 Å². The lowest BCUT2D eigenvalue weighted by Gasteiger charge is -2.60. The number of hydrogen-bond donors (Lipinski definition) is 0. The Morgan fingerprint density at radius 3 is 1.43 bits per heavy atom. The number of rotatable bonds is 2. The normalized spacial score (nSPS) is 65.7. The van der Waals surface area contributed by atoms with Gasteiger partial charge in [-0.3, -0.25) is 0 Å². The minimum atomic E-state index is -0.554. The van der Waals surface area contributed by atoms with Crippen LogP contribution < -0.4 is 0 Å². The molecule has 0 aromatic rings. The van der Waals surface area contributed by atoms with Crippen LogP contribution in [0.4, 0.5) is 0 Å². The lowest BCUT2D eigenvalue weighted by atomic mass is 9.57. The average molecular weight is 519 g/mol. The monoisotopic (exact) mass is 518 g/mol. The first-order valence-corrected chi connectivity index (χ1v) is 15.3. The first-order valence-electron chi connectivity index (χ1n) is 15.3. The summed E-state index contributed by atoms with van der Waals surface area (Å²) >= 11 is 0. The molecule has 4 bridgehead atoms. The van der Waals surface area contributed by atoms with E-state index in [0.29, 0.717) is 35.5 Å². The maximum atomic E-state index is 6.85. The van der Waals surface area contributed by atoms with Gasteiger partial charge in [0.05, 0.1) is 0 Å². The number of fused-ring (bicyclic) bond motifs is 2. The van der Waals surface area contributed by atoms with E-state index in [1.165, 1.54) is 12.8 Å². The van der Waals surface area contributed by atoms with Gasteiger partial charge in [-0.15, -0.1) is 0 Å². The molecule has 6 heterocycles. The van der Waals surface area contributed by atoms with Gasteiger partial charge in [0.1, 0.15) is 11.2 Å². The minimum Gasteiger partial charge on any atom is -0.338 e. The third-order valence-corrected chi connectivity index (χ3v) is 12.5. The fraction of sp³-hybridized carbons (Fsp3) is 1.00. The smallest absolute Gasteiger partial charge is 0.193 e. The Bertz CT molecular complexity index is 886. The molecule has 6 aliphatic heterocycles. The average Bonchev–Trinajstić information content (AvgIpc) is 3.20. The van der Waals surface area contributed by atoms with Crippen molar-refractivity contribution < 1.29 is 33.2 Å². The summed E-state index contributed by atoms with van der Waals surface area (Å²) < 4.78 is 47.1. The van der Waals surface area contributed by atoms with Crippen molar-refractivity contribution in [1.29, 1.82) is 0 Å². The summed E-state index contributed by atoms with van der Waals surface area (Å²) in [7, 11) is 0. The van der Waals surface area contributed by atoms with E-state index in [4.69, 9.17) is 33.2 Å². The van der Waals surface area contributed by atoms with Gasteiger partial charge in [-0.1, -0.05) is 27.7 Å². The predicted octanol–water partition coefficient (Wildman–Crippen LogP) is 5.56. The molecule has 0 radical (unpaired) electrons. The minimum absolute atomic E-state index is 0.193. The van der Waals surface area contributed by atoms with Gasteiger partial charge in [0.2, 0.25) is 0 Å². The molecule has 37 heavy (non-hydrogen) atoms. The van der Waals surface area contributed by atoms with Crippen molar-refractivity contribution in [2.24, 2.45) is 47.3 Å². The number of ether oxygens (including phenoxy) is 7. The van der Waals surface area contributed by atoms with Gasteiger partial charge in [0.15, 0.2) is 36.7 Å². The van der Waals surface area contributed by atoms with Crippen LogP contribution >= 0.6 is 0 Å². The Kier molecular flexibility index (Phi) is 5.11. The first-order chi connectivity index (χ1) is 17.6. The summed E-state index contributed by atoms with van der Waals surface area (Å²) in [4.78, 5) is 0. The molecule has 0 amide bonds. The molecule has 7 heteroatoms. The van der Waals surface area contributed by atoms with Crippen LogP contribution in [0.25, 0.3) is 0 Å². The molecule has 16 atom stereocenters. The molecular formula is C30H46O7. The zero-order valence-corrected chi connectivity index (χ0v) is 23.4. The van der Waals surface area contributed by atoms with Gasteiger partial charge < -0.3 is 33.2 Å². The van der Waals surface area contributed by atoms with E-state index in [1.807, 2.05) is 0 Å². The van der Waals surface area contributed by atoms with Gasteiger partial charge in [0.25, 0.3) is 0 Å². The largest absolute Gasteiger partial charge is 0.338 e. The quantitative estimate of drug-likeness (QED) is 0.474. The molecule has 0 aromatic carbocycles. The van der Waals surface area contributed by atoms with Crippen molar-refractivity contribution in [3.8, 4) is 0 Å². The van der Waals surface area contributed by atoms with Crippen LogP contribution in [-0.4, -0.2) is 47.9 Å². The van der Waals surface area contributed by atoms with Gasteiger partial charge >= 0.3 is 0 Å². The van der Waals surface area contributed by atoms with Crippen molar-refractivity contribution in [2.45, 2.75) is 141 Å². The summed E-state index contributed by atoms with van der Waals surface area (Å²) in [6, 6.07) is 0. The zero-order chi connectivity index (χ0) is 25.5. The summed E-state index contributed by atoms with van der Waals surface area (Å²) in [5.74, 6) is 2.19. The molecule has 0 N–H and O–H groups in total. The molecule has 8 rings (SSSR count). The molecule has 6 saturated heterocycles. The van der Waals surface area contributed by atoms with Gasteiger partial charge in [-0.25, -0.2) is 0 Å². The molecule has 208 valence electrons. The number of hydrogen-bond acceptors (Lipinski definition) is 7. The molecule has 2 aliphatic carbocycles. The van der Waals surface area contributed by atoms with Crippen molar-refractivity contribution in [3.63, 3.8) is 0 Å². The van der Waals surface area contributed by atoms with E-state index in [0.717, 1.165) is 38.5 Å². The topological polar surface area (TPSA) is 64.6 Å². The molecule has 2 spiro atoms. The Labute approximate surface area is 221 Å². The van der Waals surface area contributed by atoms with Gasteiger partial charge in [0, 0.05) is 36.5 Å². The van der Waals surface area contributed by atoms with Crippen molar-refractivity contribution in [3.05, 3.63) is 0 Å². The van der Waals surface area contributed by atoms with Gasteiger partial charge in [-0.05, 0) is 76.0 Å². The third kappa shape index (κ3) is 3.03. The lowest BCUT2D eigenvalue weighted by Crippen LogP contribution is -2.68. The second kappa shape index (κ2) is 7.71. The van der Waals surface area contributed by atoms with Crippen molar-refractivity contribution >= 4 is 0 Å². The fourth-order valence-electron chi connectivity index (χ4n) is 10.7.